The first kappa shape index (κ1) is 24.9. The Balaban J connectivity index is 0.00000320. The molecule has 1 aromatic rings. The van der Waals surface area contributed by atoms with Crippen molar-refractivity contribution in [1.29, 1.82) is 0 Å². The number of amides is 1. The maximum atomic E-state index is 12.0. The van der Waals surface area contributed by atoms with E-state index in [4.69, 9.17) is 9.47 Å². The predicted molar refractivity (Wildman–Crippen MR) is 131 cm³/mol. The minimum atomic E-state index is 0. The average molecular weight is 530 g/mol. The summed E-state index contributed by atoms with van der Waals surface area (Å²) in [5, 5.41) is 6.65. The first-order valence-electron chi connectivity index (χ1n) is 10.8. The monoisotopic (exact) mass is 530 g/mol. The molecule has 30 heavy (non-hydrogen) atoms. The molecular formula is C22H35IN4O3. The van der Waals surface area contributed by atoms with Crippen molar-refractivity contribution < 1.29 is 14.3 Å². The topological polar surface area (TPSA) is 75.2 Å². The molecule has 0 aliphatic carbocycles. The first-order chi connectivity index (χ1) is 14.3. The Labute approximate surface area is 197 Å². The van der Waals surface area contributed by atoms with Crippen LogP contribution < -0.4 is 15.5 Å². The number of carbonyl (C=O) groups is 1. The number of rotatable bonds is 9. The maximum absolute atomic E-state index is 12.0. The summed E-state index contributed by atoms with van der Waals surface area (Å²) in [6, 6.07) is 8.20. The van der Waals surface area contributed by atoms with E-state index in [9.17, 15) is 4.79 Å². The first-order valence-corrected chi connectivity index (χ1v) is 10.8. The van der Waals surface area contributed by atoms with Gasteiger partial charge in [-0.3, -0.25) is 9.79 Å². The van der Waals surface area contributed by atoms with Crippen molar-refractivity contribution in [1.82, 2.24) is 10.6 Å². The Morgan fingerprint density at radius 1 is 1.27 bits per heavy atom. The standard InChI is InChI=1S/C22H34N4O3.HI/c1-23-22(24-11-4-13-28-16-19-10-14-29-17-19)25-15-18-6-8-20(9-7-18)26-12-3-2-5-21(26)27;/h6-9,19H,2-5,10-17H2,1H3,(H2,23,24,25);1H. The van der Waals surface area contributed by atoms with Gasteiger partial charge < -0.3 is 25.0 Å². The Morgan fingerprint density at radius 3 is 2.80 bits per heavy atom. The van der Waals surface area contributed by atoms with Gasteiger partial charge in [-0.1, -0.05) is 12.1 Å². The summed E-state index contributed by atoms with van der Waals surface area (Å²) in [7, 11) is 1.77. The van der Waals surface area contributed by atoms with Gasteiger partial charge in [-0.25, -0.2) is 0 Å². The van der Waals surface area contributed by atoms with E-state index in [0.29, 0.717) is 18.9 Å². The SMILES string of the molecule is CN=C(NCCCOCC1CCOC1)NCc1ccc(N2CCCCC2=O)cc1.I. The van der Waals surface area contributed by atoms with E-state index in [1.807, 2.05) is 17.0 Å². The summed E-state index contributed by atoms with van der Waals surface area (Å²) in [5.74, 6) is 1.58. The molecule has 1 aromatic carbocycles. The molecule has 168 valence electrons. The molecule has 2 saturated heterocycles. The van der Waals surface area contributed by atoms with Gasteiger partial charge in [0.2, 0.25) is 5.91 Å². The number of ether oxygens (including phenoxy) is 2. The highest BCUT2D eigenvalue weighted by molar-refractivity contribution is 14.0. The molecule has 2 aliphatic rings. The molecule has 3 rings (SSSR count). The number of anilines is 1. The van der Waals surface area contributed by atoms with E-state index >= 15 is 0 Å². The minimum Gasteiger partial charge on any atom is -0.381 e. The predicted octanol–water partition coefficient (Wildman–Crippen LogP) is 2.93. The maximum Gasteiger partial charge on any atom is 0.226 e. The number of piperidine rings is 1. The fourth-order valence-electron chi connectivity index (χ4n) is 3.62. The van der Waals surface area contributed by atoms with Crippen molar-refractivity contribution in [2.24, 2.45) is 10.9 Å². The molecule has 2 heterocycles. The lowest BCUT2D eigenvalue weighted by Crippen LogP contribution is -2.37. The van der Waals surface area contributed by atoms with Crippen molar-refractivity contribution in [3.05, 3.63) is 29.8 Å². The molecular weight excluding hydrogens is 495 g/mol. The van der Waals surface area contributed by atoms with E-state index in [2.05, 4.69) is 27.8 Å². The van der Waals surface area contributed by atoms with Crippen molar-refractivity contribution in [2.75, 3.05) is 51.5 Å². The van der Waals surface area contributed by atoms with Gasteiger partial charge in [0.25, 0.3) is 0 Å². The highest BCUT2D eigenvalue weighted by atomic mass is 127. The van der Waals surface area contributed by atoms with Crippen LogP contribution in [0, 0.1) is 5.92 Å². The number of hydrogen-bond acceptors (Lipinski definition) is 4. The van der Waals surface area contributed by atoms with Crippen LogP contribution in [0.4, 0.5) is 5.69 Å². The van der Waals surface area contributed by atoms with Crippen molar-refractivity contribution in [2.45, 2.75) is 38.6 Å². The average Bonchev–Trinajstić information content (AvgIpc) is 3.27. The zero-order valence-electron chi connectivity index (χ0n) is 17.9. The number of halogens is 1. The van der Waals surface area contributed by atoms with Gasteiger partial charge in [-0.05, 0) is 43.4 Å². The lowest BCUT2D eigenvalue weighted by atomic mass is 10.1. The molecule has 1 unspecified atom stereocenters. The molecule has 2 aliphatic heterocycles. The molecule has 0 spiro atoms. The number of nitrogens with one attached hydrogen (secondary N) is 2. The quantitative estimate of drug-likeness (QED) is 0.222. The Kier molecular flexibility index (Phi) is 11.5. The smallest absolute Gasteiger partial charge is 0.226 e. The lowest BCUT2D eigenvalue weighted by molar-refractivity contribution is -0.119. The fourth-order valence-corrected chi connectivity index (χ4v) is 3.62. The summed E-state index contributed by atoms with van der Waals surface area (Å²) >= 11 is 0. The van der Waals surface area contributed by atoms with Crippen molar-refractivity contribution in [3.63, 3.8) is 0 Å². The number of aliphatic imine (C=N–C) groups is 1. The molecule has 2 N–H and O–H groups in total. The van der Waals surface area contributed by atoms with Crippen LogP contribution in [-0.2, 0) is 20.8 Å². The van der Waals surface area contributed by atoms with Gasteiger partial charge in [0.05, 0.1) is 13.2 Å². The highest BCUT2D eigenvalue weighted by Gasteiger charge is 2.19. The number of carbonyl (C=O) groups excluding carboxylic acids is 1. The Bertz CT molecular complexity index is 663. The van der Waals surface area contributed by atoms with Gasteiger partial charge >= 0.3 is 0 Å². The summed E-state index contributed by atoms with van der Waals surface area (Å²) in [5.41, 5.74) is 2.15. The molecule has 1 atom stereocenters. The molecule has 0 saturated carbocycles. The van der Waals surface area contributed by atoms with Crippen LogP contribution in [0.2, 0.25) is 0 Å². The number of guanidine groups is 1. The van der Waals surface area contributed by atoms with E-state index in [1.165, 1.54) is 0 Å². The van der Waals surface area contributed by atoms with Gasteiger partial charge in [-0.2, -0.15) is 0 Å². The normalized spacial score (nSPS) is 19.5. The summed E-state index contributed by atoms with van der Waals surface area (Å²) in [4.78, 5) is 18.2. The van der Waals surface area contributed by atoms with Crippen LogP contribution in [0.15, 0.2) is 29.3 Å². The molecule has 8 heteroatoms. The largest absolute Gasteiger partial charge is 0.381 e. The van der Waals surface area contributed by atoms with E-state index in [0.717, 1.165) is 82.4 Å². The fraction of sp³-hybridized carbons (Fsp3) is 0.636. The number of hydrogen-bond donors (Lipinski definition) is 2. The Hall–Kier alpha value is -1.39. The molecule has 0 aromatic heterocycles. The number of nitrogens with zero attached hydrogens (tertiary/aromatic N) is 2. The van der Waals surface area contributed by atoms with Crippen molar-refractivity contribution >= 4 is 41.5 Å². The third-order valence-corrected chi connectivity index (χ3v) is 5.39. The zero-order valence-corrected chi connectivity index (χ0v) is 20.2. The molecule has 1 amide bonds. The third-order valence-electron chi connectivity index (χ3n) is 5.39. The minimum absolute atomic E-state index is 0. The van der Waals surface area contributed by atoms with E-state index < -0.39 is 0 Å². The second kappa shape index (κ2) is 13.8. The second-order valence-electron chi connectivity index (χ2n) is 7.68. The molecule has 0 bridgehead atoms. The van der Waals surface area contributed by atoms with Crippen molar-refractivity contribution in [3.8, 4) is 0 Å². The molecule has 2 fully saturated rings. The van der Waals surface area contributed by atoms with E-state index in [1.54, 1.807) is 7.05 Å². The summed E-state index contributed by atoms with van der Waals surface area (Å²) in [6.45, 7) is 5.58. The van der Waals surface area contributed by atoms with Gasteiger partial charge in [0.15, 0.2) is 5.96 Å². The van der Waals surface area contributed by atoms with E-state index in [-0.39, 0.29) is 29.9 Å². The van der Waals surface area contributed by atoms with Crippen LogP contribution in [0.25, 0.3) is 0 Å². The summed E-state index contributed by atoms with van der Waals surface area (Å²) < 4.78 is 11.1. The molecule has 7 nitrogen and oxygen atoms in total. The highest BCUT2D eigenvalue weighted by Crippen LogP contribution is 2.21. The second-order valence-corrected chi connectivity index (χ2v) is 7.68. The Morgan fingerprint density at radius 2 is 2.10 bits per heavy atom. The third kappa shape index (κ3) is 8.03. The van der Waals surface area contributed by atoms with Crippen LogP contribution in [-0.4, -0.2) is 58.4 Å². The van der Waals surface area contributed by atoms with Crippen LogP contribution in [0.5, 0.6) is 0 Å². The van der Waals surface area contributed by atoms with Gasteiger partial charge in [-0.15, -0.1) is 24.0 Å². The zero-order chi connectivity index (χ0) is 20.3. The lowest BCUT2D eigenvalue weighted by Gasteiger charge is -2.26. The number of benzene rings is 1. The van der Waals surface area contributed by atoms with Crippen LogP contribution in [0.3, 0.4) is 0 Å². The summed E-state index contributed by atoms with van der Waals surface area (Å²) in [6.07, 6.45) is 4.80. The van der Waals surface area contributed by atoms with Crippen LogP contribution >= 0.6 is 24.0 Å². The van der Waals surface area contributed by atoms with Gasteiger partial charge in [0.1, 0.15) is 0 Å². The molecule has 0 radical (unpaired) electrons. The van der Waals surface area contributed by atoms with Gasteiger partial charge in [0, 0.05) is 57.9 Å². The van der Waals surface area contributed by atoms with Crippen LogP contribution in [0.1, 0.15) is 37.7 Å².